The second-order valence-corrected chi connectivity index (χ2v) is 4.69. The highest BCUT2D eigenvalue weighted by Gasteiger charge is 2.25. The molecule has 2 unspecified atom stereocenters. The molecule has 1 saturated carbocycles. The van der Waals surface area contributed by atoms with Crippen LogP contribution in [0.25, 0.3) is 0 Å². The Balaban J connectivity index is 1.83. The van der Waals surface area contributed by atoms with Crippen molar-refractivity contribution < 1.29 is 0 Å². The molecule has 0 heterocycles. The molecular formula is C15H21N. The lowest BCUT2D eigenvalue weighted by molar-refractivity contribution is 0.402. The average Bonchev–Trinajstić information content (AvgIpc) is 2.76. The molecule has 1 aliphatic rings. The first-order valence-corrected chi connectivity index (χ1v) is 6.28. The van der Waals surface area contributed by atoms with Crippen molar-refractivity contribution in [1.29, 1.82) is 0 Å². The Bertz CT molecular complexity index is 317. The van der Waals surface area contributed by atoms with Gasteiger partial charge < -0.3 is 5.32 Å². The van der Waals surface area contributed by atoms with Gasteiger partial charge in [0.25, 0.3) is 0 Å². The second-order valence-electron chi connectivity index (χ2n) is 4.69. The van der Waals surface area contributed by atoms with Gasteiger partial charge in [0.15, 0.2) is 0 Å². The van der Waals surface area contributed by atoms with E-state index in [1.165, 1.54) is 24.8 Å². The van der Waals surface area contributed by atoms with E-state index in [0.717, 1.165) is 18.9 Å². The molecule has 2 atom stereocenters. The zero-order chi connectivity index (χ0) is 11.2. The third kappa shape index (κ3) is 2.96. The fraction of sp³-hybridized carbons (Fsp3) is 0.467. The highest BCUT2D eigenvalue weighted by atomic mass is 14.9. The van der Waals surface area contributed by atoms with Crippen molar-refractivity contribution in [2.75, 3.05) is 0 Å². The molecule has 1 fully saturated rings. The monoisotopic (exact) mass is 215 g/mol. The summed E-state index contributed by atoms with van der Waals surface area (Å²) < 4.78 is 0. The summed E-state index contributed by atoms with van der Waals surface area (Å²) in [6, 6.07) is 11.3. The zero-order valence-electron chi connectivity index (χ0n) is 9.86. The highest BCUT2D eigenvalue weighted by Crippen LogP contribution is 2.28. The molecule has 1 nitrogen and oxygen atoms in total. The minimum atomic E-state index is 0.693. The third-order valence-electron chi connectivity index (χ3n) is 3.54. The molecule has 0 aromatic heterocycles. The Kier molecular flexibility index (Phi) is 4.17. The van der Waals surface area contributed by atoms with Crippen LogP contribution in [-0.4, -0.2) is 6.04 Å². The molecule has 0 spiro atoms. The maximum atomic E-state index is 3.85. The van der Waals surface area contributed by atoms with Crippen LogP contribution in [0.2, 0.25) is 0 Å². The van der Waals surface area contributed by atoms with E-state index in [2.05, 4.69) is 48.3 Å². The molecule has 86 valence electrons. The quantitative estimate of drug-likeness (QED) is 0.741. The van der Waals surface area contributed by atoms with Crippen molar-refractivity contribution >= 4 is 0 Å². The number of allylic oxidation sites excluding steroid dienone is 1. The normalized spacial score (nSPS) is 24.5. The molecule has 1 aromatic carbocycles. The molecule has 1 heteroatoms. The summed E-state index contributed by atoms with van der Waals surface area (Å²) in [7, 11) is 0. The Morgan fingerprint density at radius 1 is 1.25 bits per heavy atom. The van der Waals surface area contributed by atoms with E-state index in [9.17, 15) is 0 Å². The van der Waals surface area contributed by atoms with Crippen LogP contribution in [0.3, 0.4) is 0 Å². The van der Waals surface area contributed by atoms with Gasteiger partial charge in [0.05, 0.1) is 0 Å². The first-order chi connectivity index (χ1) is 7.90. The lowest BCUT2D eigenvalue weighted by atomic mass is 9.99. The van der Waals surface area contributed by atoms with Crippen molar-refractivity contribution in [2.24, 2.45) is 5.92 Å². The van der Waals surface area contributed by atoms with E-state index >= 15 is 0 Å². The van der Waals surface area contributed by atoms with Gasteiger partial charge in [-0.15, -0.1) is 6.58 Å². The SMILES string of the molecule is C=CCC1CCCC1NCc1ccccc1. The van der Waals surface area contributed by atoms with Crippen LogP contribution in [0.1, 0.15) is 31.2 Å². The molecule has 0 aliphatic heterocycles. The Morgan fingerprint density at radius 3 is 2.81 bits per heavy atom. The van der Waals surface area contributed by atoms with E-state index in [4.69, 9.17) is 0 Å². The minimum Gasteiger partial charge on any atom is -0.310 e. The van der Waals surface area contributed by atoms with Gasteiger partial charge in [0.2, 0.25) is 0 Å². The number of nitrogens with one attached hydrogen (secondary N) is 1. The maximum absolute atomic E-state index is 3.85. The van der Waals surface area contributed by atoms with Crippen LogP contribution < -0.4 is 5.32 Å². The van der Waals surface area contributed by atoms with Crippen molar-refractivity contribution in [3.05, 3.63) is 48.6 Å². The topological polar surface area (TPSA) is 12.0 Å². The summed E-state index contributed by atoms with van der Waals surface area (Å²) in [6.07, 6.45) is 7.27. The van der Waals surface area contributed by atoms with Crippen molar-refractivity contribution in [3.63, 3.8) is 0 Å². The molecule has 0 bridgehead atoms. The lowest BCUT2D eigenvalue weighted by Crippen LogP contribution is -2.31. The predicted octanol–water partition coefficient (Wildman–Crippen LogP) is 3.52. The molecule has 0 amide bonds. The molecule has 1 N–H and O–H groups in total. The van der Waals surface area contributed by atoms with E-state index < -0.39 is 0 Å². The van der Waals surface area contributed by atoms with E-state index in [-0.39, 0.29) is 0 Å². The van der Waals surface area contributed by atoms with Gasteiger partial charge in [-0.05, 0) is 30.7 Å². The summed E-state index contributed by atoms with van der Waals surface area (Å²) >= 11 is 0. The molecule has 0 radical (unpaired) electrons. The van der Waals surface area contributed by atoms with Crippen molar-refractivity contribution in [1.82, 2.24) is 5.32 Å². The smallest absolute Gasteiger partial charge is 0.0208 e. The zero-order valence-corrected chi connectivity index (χ0v) is 9.86. The highest BCUT2D eigenvalue weighted by molar-refractivity contribution is 5.14. The van der Waals surface area contributed by atoms with Gasteiger partial charge in [-0.2, -0.15) is 0 Å². The van der Waals surface area contributed by atoms with Crippen LogP contribution in [0.15, 0.2) is 43.0 Å². The predicted molar refractivity (Wildman–Crippen MR) is 69.2 cm³/mol. The molecule has 2 rings (SSSR count). The first-order valence-electron chi connectivity index (χ1n) is 6.28. The van der Waals surface area contributed by atoms with Crippen LogP contribution in [0.5, 0.6) is 0 Å². The van der Waals surface area contributed by atoms with Crippen molar-refractivity contribution in [3.8, 4) is 0 Å². The lowest BCUT2D eigenvalue weighted by Gasteiger charge is -2.19. The molecule has 1 aliphatic carbocycles. The number of rotatable bonds is 5. The van der Waals surface area contributed by atoms with Crippen molar-refractivity contribution in [2.45, 2.75) is 38.3 Å². The first kappa shape index (κ1) is 11.4. The second kappa shape index (κ2) is 5.86. The third-order valence-corrected chi connectivity index (χ3v) is 3.54. The van der Waals surface area contributed by atoms with Crippen LogP contribution in [-0.2, 0) is 6.54 Å². The average molecular weight is 215 g/mol. The number of benzene rings is 1. The van der Waals surface area contributed by atoms with Gasteiger partial charge in [-0.1, -0.05) is 42.8 Å². The Morgan fingerprint density at radius 2 is 2.06 bits per heavy atom. The summed E-state index contributed by atoms with van der Waals surface area (Å²) in [6.45, 7) is 4.85. The largest absolute Gasteiger partial charge is 0.310 e. The van der Waals surface area contributed by atoms with E-state index in [0.29, 0.717) is 6.04 Å². The minimum absolute atomic E-state index is 0.693. The maximum Gasteiger partial charge on any atom is 0.0208 e. The fourth-order valence-electron chi connectivity index (χ4n) is 2.65. The number of hydrogen-bond donors (Lipinski definition) is 1. The van der Waals surface area contributed by atoms with Gasteiger partial charge >= 0.3 is 0 Å². The van der Waals surface area contributed by atoms with E-state index in [1.807, 2.05) is 0 Å². The number of hydrogen-bond acceptors (Lipinski definition) is 1. The van der Waals surface area contributed by atoms with Gasteiger partial charge in [-0.3, -0.25) is 0 Å². The summed E-state index contributed by atoms with van der Waals surface area (Å²) in [4.78, 5) is 0. The standard InChI is InChI=1S/C15H21N/c1-2-7-14-10-6-11-15(14)16-12-13-8-4-3-5-9-13/h2-5,8-9,14-16H,1,6-7,10-12H2. The molecule has 16 heavy (non-hydrogen) atoms. The van der Waals surface area contributed by atoms with Gasteiger partial charge in [0.1, 0.15) is 0 Å². The van der Waals surface area contributed by atoms with Crippen LogP contribution in [0, 0.1) is 5.92 Å². The molecule has 1 aromatic rings. The summed E-state index contributed by atoms with van der Waals surface area (Å²) in [5.74, 6) is 0.807. The molecular weight excluding hydrogens is 194 g/mol. The van der Waals surface area contributed by atoms with Gasteiger partial charge in [-0.25, -0.2) is 0 Å². The Labute approximate surface area is 98.6 Å². The van der Waals surface area contributed by atoms with Crippen LogP contribution >= 0.6 is 0 Å². The summed E-state index contributed by atoms with van der Waals surface area (Å²) in [5.41, 5.74) is 1.38. The van der Waals surface area contributed by atoms with Crippen LogP contribution in [0.4, 0.5) is 0 Å². The fourth-order valence-corrected chi connectivity index (χ4v) is 2.65. The Hall–Kier alpha value is -1.08. The van der Waals surface area contributed by atoms with E-state index in [1.54, 1.807) is 0 Å². The van der Waals surface area contributed by atoms with Gasteiger partial charge in [0, 0.05) is 12.6 Å². The molecule has 0 saturated heterocycles. The summed E-state index contributed by atoms with van der Waals surface area (Å²) in [5, 5.41) is 3.68.